The number of hydrogen-bond acceptors (Lipinski definition) is 5. The first-order valence-electron chi connectivity index (χ1n) is 10.6. The molecule has 0 amide bonds. The van der Waals surface area contributed by atoms with Crippen molar-refractivity contribution >= 4 is 43.1 Å². The summed E-state index contributed by atoms with van der Waals surface area (Å²) in [7, 11) is 4.07. The molecule has 1 aromatic heterocycles. The van der Waals surface area contributed by atoms with Gasteiger partial charge in [-0.3, -0.25) is 4.90 Å². The second kappa shape index (κ2) is 13.1. The Bertz CT molecular complexity index is 778. The maximum atomic E-state index is 10.4. The Hall–Kier alpha value is -1.47. The number of aromatic nitrogens is 1. The summed E-state index contributed by atoms with van der Waals surface area (Å²) in [6, 6.07) is 14.9. The monoisotopic (exact) mass is 446 g/mol. The third kappa shape index (κ3) is 7.34. The Morgan fingerprint density at radius 3 is 2.33 bits per heavy atom. The highest BCUT2D eigenvalue weighted by Gasteiger charge is 2.20. The first kappa shape index (κ1) is 24.8. The van der Waals surface area contributed by atoms with Crippen LogP contribution in [0.25, 0.3) is 12.2 Å². The summed E-state index contributed by atoms with van der Waals surface area (Å²) >= 11 is 8.61. The lowest BCUT2D eigenvalue weighted by molar-refractivity contribution is -0.695. The molecule has 0 radical (unpaired) electrons. The number of nitrogens with zero attached hydrogens (tertiary/aromatic N) is 3. The number of anilines is 1. The van der Waals surface area contributed by atoms with Crippen molar-refractivity contribution in [2.24, 2.45) is 5.92 Å². The number of aliphatic hydroxyl groups is 1. The standard InChI is InChI=1S/C24H35N3OS2/c1-4-27-17-6-5-8-23(27)14-11-20-9-12-22(13-10-20)25(2)15-7-16-26(3)24(28)21(18-29)19-30/h5-6,8-14,17,21,24,28H,4,7,15-16,18-19H2,1-3H3,(H-,29,30)/p+1. The molecule has 1 aromatic carbocycles. The number of pyridine rings is 1. The average Bonchev–Trinajstić information content (AvgIpc) is 2.78. The van der Waals surface area contributed by atoms with E-state index < -0.39 is 6.23 Å². The van der Waals surface area contributed by atoms with E-state index >= 15 is 0 Å². The van der Waals surface area contributed by atoms with E-state index in [0.29, 0.717) is 11.5 Å². The number of hydrogen-bond donors (Lipinski definition) is 3. The van der Waals surface area contributed by atoms with Gasteiger partial charge in [0.1, 0.15) is 12.8 Å². The van der Waals surface area contributed by atoms with Crippen LogP contribution in [0.2, 0.25) is 0 Å². The highest BCUT2D eigenvalue weighted by Crippen LogP contribution is 2.16. The third-order valence-corrected chi connectivity index (χ3v) is 6.38. The topological polar surface area (TPSA) is 30.6 Å². The van der Waals surface area contributed by atoms with Crippen molar-refractivity contribution in [1.82, 2.24) is 4.90 Å². The van der Waals surface area contributed by atoms with Crippen molar-refractivity contribution < 1.29 is 9.67 Å². The molecule has 0 aliphatic rings. The van der Waals surface area contributed by atoms with E-state index in [2.05, 4.69) is 110 Å². The van der Waals surface area contributed by atoms with Crippen LogP contribution in [-0.2, 0) is 6.54 Å². The fourth-order valence-corrected chi connectivity index (χ4v) is 4.21. The molecular weight excluding hydrogens is 410 g/mol. The summed E-state index contributed by atoms with van der Waals surface area (Å²) in [5, 5.41) is 10.4. The molecule has 164 valence electrons. The minimum Gasteiger partial charge on any atom is -0.378 e. The zero-order valence-corrected chi connectivity index (χ0v) is 20.1. The summed E-state index contributed by atoms with van der Waals surface area (Å²) in [6.45, 7) is 4.87. The minimum absolute atomic E-state index is 0.0858. The second-order valence-electron chi connectivity index (χ2n) is 7.63. The number of aliphatic hydroxyl groups excluding tert-OH is 1. The number of thiol groups is 2. The fraction of sp³-hybridized carbons (Fsp3) is 0.458. The van der Waals surface area contributed by atoms with Crippen LogP contribution in [0.4, 0.5) is 5.69 Å². The van der Waals surface area contributed by atoms with Crippen LogP contribution in [0, 0.1) is 5.92 Å². The molecule has 1 heterocycles. The lowest BCUT2D eigenvalue weighted by Gasteiger charge is -2.29. The molecule has 0 aliphatic carbocycles. The van der Waals surface area contributed by atoms with E-state index in [1.807, 2.05) is 11.9 Å². The zero-order valence-electron chi connectivity index (χ0n) is 18.4. The SMILES string of the molecule is CC[n+]1ccccc1/C=C/c1ccc(N(C)CCCN(C)C(O)C(CS)CS)cc1. The first-order valence-corrected chi connectivity index (χ1v) is 11.8. The number of benzene rings is 1. The number of rotatable bonds is 12. The lowest BCUT2D eigenvalue weighted by Crippen LogP contribution is -2.40. The molecular formula is C24H36N3OS2+. The predicted molar refractivity (Wildman–Crippen MR) is 135 cm³/mol. The van der Waals surface area contributed by atoms with Crippen LogP contribution in [0.1, 0.15) is 24.6 Å². The van der Waals surface area contributed by atoms with Gasteiger partial charge in [0.15, 0.2) is 6.20 Å². The van der Waals surface area contributed by atoms with Crippen LogP contribution in [-0.4, -0.2) is 54.9 Å². The summed E-state index contributed by atoms with van der Waals surface area (Å²) in [5.41, 5.74) is 3.58. The Morgan fingerprint density at radius 2 is 1.70 bits per heavy atom. The first-order chi connectivity index (χ1) is 14.5. The lowest BCUT2D eigenvalue weighted by atomic mass is 10.1. The van der Waals surface area contributed by atoms with Crippen molar-refractivity contribution in [3.63, 3.8) is 0 Å². The van der Waals surface area contributed by atoms with Gasteiger partial charge in [-0.15, -0.1) is 0 Å². The van der Waals surface area contributed by atoms with E-state index in [0.717, 1.165) is 26.1 Å². The molecule has 6 heteroatoms. The highest BCUT2D eigenvalue weighted by atomic mass is 32.1. The maximum Gasteiger partial charge on any atom is 0.205 e. The summed E-state index contributed by atoms with van der Waals surface area (Å²) in [6.07, 6.45) is 6.90. The molecule has 0 spiro atoms. The summed E-state index contributed by atoms with van der Waals surface area (Å²) < 4.78 is 2.22. The van der Waals surface area contributed by atoms with Crippen molar-refractivity contribution in [2.75, 3.05) is 43.6 Å². The van der Waals surface area contributed by atoms with Gasteiger partial charge in [-0.25, -0.2) is 0 Å². The van der Waals surface area contributed by atoms with Gasteiger partial charge in [-0.05, 0) is 61.7 Å². The van der Waals surface area contributed by atoms with Crippen molar-refractivity contribution in [3.05, 3.63) is 59.9 Å². The molecule has 0 aliphatic heterocycles. The van der Waals surface area contributed by atoms with Gasteiger partial charge in [-0.2, -0.15) is 29.8 Å². The van der Waals surface area contributed by atoms with Crippen molar-refractivity contribution in [1.29, 1.82) is 0 Å². The molecule has 1 unspecified atom stereocenters. The quantitative estimate of drug-likeness (QED) is 0.264. The van der Waals surface area contributed by atoms with Crippen LogP contribution in [0.5, 0.6) is 0 Å². The molecule has 30 heavy (non-hydrogen) atoms. The molecule has 4 nitrogen and oxygen atoms in total. The summed E-state index contributed by atoms with van der Waals surface area (Å²) in [5.74, 6) is 1.36. The van der Waals surface area contributed by atoms with E-state index in [-0.39, 0.29) is 5.92 Å². The van der Waals surface area contributed by atoms with Gasteiger partial charge < -0.3 is 10.0 Å². The molecule has 0 saturated carbocycles. The van der Waals surface area contributed by atoms with Gasteiger partial charge >= 0.3 is 0 Å². The van der Waals surface area contributed by atoms with Crippen molar-refractivity contribution in [3.8, 4) is 0 Å². The molecule has 0 fully saturated rings. The molecule has 1 N–H and O–H groups in total. The van der Waals surface area contributed by atoms with E-state index in [9.17, 15) is 5.11 Å². The van der Waals surface area contributed by atoms with Crippen LogP contribution in [0.3, 0.4) is 0 Å². The van der Waals surface area contributed by atoms with Crippen LogP contribution < -0.4 is 9.47 Å². The number of aryl methyl sites for hydroxylation is 1. The molecule has 0 saturated heterocycles. The van der Waals surface area contributed by atoms with E-state index in [1.54, 1.807) is 0 Å². The van der Waals surface area contributed by atoms with Gasteiger partial charge in [-0.1, -0.05) is 12.1 Å². The van der Waals surface area contributed by atoms with Gasteiger partial charge in [0.25, 0.3) is 0 Å². The van der Waals surface area contributed by atoms with Gasteiger partial charge in [0, 0.05) is 50.0 Å². The van der Waals surface area contributed by atoms with E-state index in [4.69, 9.17) is 0 Å². The Morgan fingerprint density at radius 1 is 1.00 bits per heavy atom. The normalized spacial score (nSPS) is 12.8. The minimum atomic E-state index is -0.493. The molecule has 0 bridgehead atoms. The smallest absolute Gasteiger partial charge is 0.205 e. The average molecular weight is 447 g/mol. The van der Waals surface area contributed by atoms with Crippen LogP contribution in [0.15, 0.2) is 48.7 Å². The maximum absolute atomic E-state index is 10.4. The van der Waals surface area contributed by atoms with E-state index in [1.165, 1.54) is 16.9 Å². The molecule has 2 aromatic rings. The largest absolute Gasteiger partial charge is 0.378 e. The molecule has 1 atom stereocenters. The third-order valence-electron chi connectivity index (χ3n) is 5.44. The van der Waals surface area contributed by atoms with Gasteiger partial charge in [0.2, 0.25) is 5.69 Å². The predicted octanol–water partition coefficient (Wildman–Crippen LogP) is 3.72. The van der Waals surface area contributed by atoms with Gasteiger partial charge in [0.05, 0.1) is 0 Å². The molecule has 2 rings (SSSR count). The zero-order chi connectivity index (χ0) is 21.9. The Labute approximate surface area is 193 Å². The Balaban J connectivity index is 1.86. The Kier molecular flexibility index (Phi) is 10.8. The second-order valence-corrected chi connectivity index (χ2v) is 8.36. The van der Waals surface area contributed by atoms with Crippen LogP contribution >= 0.6 is 25.3 Å². The van der Waals surface area contributed by atoms with Crippen molar-refractivity contribution in [2.45, 2.75) is 26.1 Å². The fourth-order valence-electron chi connectivity index (χ4n) is 3.38. The highest BCUT2D eigenvalue weighted by molar-refractivity contribution is 7.81. The summed E-state index contributed by atoms with van der Waals surface area (Å²) in [4.78, 5) is 4.25.